The van der Waals surface area contributed by atoms with Crippen molar-refractivity contribution in [3.05, 3.63) is 77.9 Å². The number of nitrogens with zero attached hydrogens (tertiary/aromatic N) is 3. The summed E-state index contributed by atoms with van der Waals surface area (Å²) >= 11 is 0. The monoisotopic (exact) mass is 426 g/mol. The van der Waals surface area contributed by atoms with Gasteiger partial charge >= 0.3 is 0 Å². The number of anilines is 1. The number of benzene rings is 2. The minimum atomic E-state index is 0.723. The highest BCUT2D eigenvalue weighted by atomic mass is 16.5. The summed E-state index contributed by atoms with van der Waals surface area (Å²) in [5.74, 6) is 2.48. The molecule has 3 heterocycles. The Morgan fingerprint density at radius 2 is 1.78 bits per heavy atom. The van der Waals surface area contributed by atoms with E-state index in [-0.39, 0.29) is 0 Å². The first-order valence-corrected chi connectivity index (χ1v) is 10.7. The molecule has 6 heteroatoms. The maximum absolute atomic E-state index is 5.59. The predicted molar refractivity (Wildman–Crippen MR) is 126 cm³/mol. The Hall–Kier alpha value is -3.80. The maximum atomic E-state index is 5.59. The van der Waals surface area contributed by atoms with E-state index in [2.05, 4.69) is 52.1 Å². The molecule has 0 radical (unpaired) electrons. The maximum Gasteiger partial charge on any atom is 0.161 e. The Bertz CT molecular complexity index is 1260. The molecule has 0 amide bonds. The number of aromatic nitrogens is 3. The van der Waals surface area contributed by atoms with Gasteiger partial charge in [-0.05, 0) is 42.7 Å². The van der Waals surface area contributed by atoms with E-state index in [0.717, 1.165) is 65.0 Å². The zero-order valence-corrected chi connectivity index (χ0v) is 18.6. The third-order valence-electron chi connectivity index (χ3n) is 5.98. The van der Waals surface area contributed by atoms with Gasteiger partial charge in [-0.25, -0.2) is 4.98 Å². The molecule has 6 nitrogen and oxygen atoms in total. The van der Waals surface area contributed by atoms with Crippen LogP contribution >= 0.6 is 0 Å². The molecule has 1 aliphatic heterocycles. The summed E-state index contributed by atoms with van der Waals surface area (Å²) in [5, 5.41) is 3.48. The second-order valence-electron chi connectivity index (χ2n) is 7.92. The number of nitrogens with one attached hydrogen (secondary N) is 1. The summed E-state index contributed by atoms with van der Waals surface area (Å²) < 4.78 is 13.4. The summed E-state index contributed by atoms with van der Waals surface area (Å²) in [6.07, 6.45) is 4.66. The van der Waals surface area contributed by atoms with Crippen molar-refractivity contribution in [1.82, 2.24) is 14.5 Å². The minimum Gasteiger partial charge on any atom is -0.493 e. The van der Waals surface area contributed by atoms with Crippen LogP contribution in [0, 0.1) is 6.92 Å². The zero-order valence-electron chi connectivity index (χ0n) is 18.6. The molecule has 1 aliphatic rings. The van der Waals surface area contributed by atoms with E-state index >= 15 is 0 Å². The molecule has 0 fully saturated rings. The molecule has 0 aliphatic carbocycles. The van der Waals surface area contributed by atoms with E-state index in [4.69, 9.17) is 14.5 Å². The highest BCUT2D eigenvalue weighted by Gasteiger charge is 2.26. The van der Waals surface area contributed by atoms with Gasteiger partial charge in [-0.2, -0.15) is 0 Å². The lowest BCUT2D eigenvalue weighted by Crippen LogP contribution is -2.12. The second kappa shape index (κ2) is 8.38. The molecule has 0 saturated heterocycles. The standard InChI is InChI=1S/C26H26N4O2/c1-17-29-25(20-11-21(16-27-15-20)28-14-18-7-5-4-6-8-18)26-22-13-24(32-3)23(31-2)12-19(22)9-10-30(17)26/h4-8,11-13,15-16,28H,9-10,14H2,1-3H3. The van der Waals surface area contributed by atoms with Crippen LogP contribution in [-0.4, -0.2) is 28.8 Å². The van der Waals surface area contributed by atoms with Gasteiger partial charge in [-0.15, -0.1) is 0 Å². The Labute approximate surface area is 187 Å². The van der Waals surface area contributed by atoms with Gasteiger partial charge in [0.05, 0.1) is 31.3 Å². The van der Waals surface area contributed by atoms with Crippen LogP contribution in [-0.2, 0) is 19.5 Å². The van der Waals surface area contributed by atoms with Gasteiger partial charge < -0.3 is 19.4 Å². The zero-order chi connectivity index (χ0) is 22.1. The van der Waals surface area contributed by atoms with E-state index in [1.54, 1.807) is 14.2 Å². The normalized spacial score (nSPS) is 12.1. The number of rotatable bonds is 6. The van der Waals surface area contributed by atoms with Gasteiger partial charge in [0, 0.05) is 36.6 Å². The van der Waals surface area contributed by atoms with Gasteiger partial charge in [0.1, 0.15) is 5.82 Å². The topological polar surface area (TPSA) is 61.2 Å². The Balaban J connectivity index is 1.54. The molecule has 162 valence electrons. The Kier molecular flexibility index (Phi) is 5.27. The number of methoxy groups -OCH3 is 2. The molecule has 5 rings (SSSR count). The summed E-state index contributed by atoms with van der Waals surface area (Å²) in [7, 11) is 3.34. The molecule has 0 spiro atoms. The molecule has 32 heavy (non-hydrogen) atoms. The van der Waals surface area contributed by atoms with Crippen LogP contribution in [0.1, 0.15) is 17.0 Å². The quantitative estimate of drug-likeness (QED) is 0.464. The fourth-order valence-corrected chi connectivity index (χ4v) is 4.36. The number of imidazole rings is 1. The molecule has 1 N–H and O–H groups in total. The molecule has 0 saturated carbocycles. The Morgan fingerprint density at radius 3 is 2.56 bits per heavy atom. The molecule has 2 aromatic heterocycles. The summed E-state index contributed by atoms with van der Waals surface area (Å²) in [4.78, 5) is 9.43. The SMILES string of the molecule is COc1cc2c(cc1OC)-c1c(-c3cncc(NCc4ccccc4)c3)nc(C)n1CC2. The smallest absolute Gasteiger partial charge is 0.161 e. The Morgan fingerprint density at radius 1 is 1.00 bits per heavy atom. The van der Waals surface area contributed by atoms with Crippen molar-refractivity contribution in [3.8, 4) is 34.0 Å². The molecule has 4 aromatic rings. The van der Waals surface area contributed by atoms with Crippen LogP contribution < -0.4 is 14.8 Å². The van der Waals surface area contributed by atoms with Gasteiger partial charge in [0.15, 0.2) is 11.5 Å². The highest BCUT2D eigenvalue weighted by Crippen LogP contribution is 2.42. The number of pyridine rings is 1. The average Bonchev–Trinajstić information content (AvgIpc) is 3.19. The third-order valence-corrected chi connectivity index (χ3v) is 5.98. The van der Waals surface area contributed by atoms with Crippen molar-refractivity contribution < 1.29 is 9.47 Å². The number of ether oxygens (including phenoxy) is 2. The highest BCUT2D eigenvalue weighted by molar-refractivity contribution is 5.83. The number of aryl methyl sites for hydroxylation is 2. The van der Waals surface area contributed by atoms with Crippen LogP contribution in [0.25, 0.3) is 22.5 Å². The van der Waals surface area contributed by atoms with Crippen molar-refractivity contribution in [2.45, 2.75) is 26.4 Å². The minimum absolute atomic E-state index is 0.723. The van der Waals surface area contributed by atoms with Crippen molar-refractivity contribution in [2.24, 2.45) is 0 Å². The first kappa shape index (κ1) is 20.1. The van der Waals surface area contributed by atoms with Gasteiger partial charge in [-0.1, -0.05) is 30.3 Å². The fraction of sp³-hybridized carbons (Fsp3) is 0.231. The van der Waals surface area contributed by atoms with Gasteiger partial charge in [-0.3, -0.25) is 4.98 Å². The molecule has 0 unspecified atom stereocenters. The van der Waals surface area contributed by atoms with Crippen molar-refractivity contribution in [1.29, 1.82) is 0 Å². The lowest BCUT2D eigenvalue weighted by molar-refractivity contribution is 0.354. The molecular formula is C26H26N4O2. The van der Waals surface area contributed by atoms with Crippen molar-refractivity contribution in [2.75, 3.05) is 19.5 Å². The van der Waals surface area contributed by atoms with Crippen molar-refractivity contribution >= 4 is 5.69 Å². The molecule has 0 bridgehead atoms. The summed E-state index contributed by atoms with van der Waals surface area (Å²) in [6.45, 7) is 3.69. The van der Waals surface area contributed by atoms with E-state index in [1.807, 2.05) is 30.6 Å². The van der Waals surface area contributed by atoms with Crippen molar-refractivity contribution in [3.63, 3.8) is 0 Å². The first-order valence-electron chi connectivity index (χ1n) is 10.7. The second-order valence-corrected chi connectivity index (χ2v) is 7.92. The third kappa shape index (κ3) is 3.58. The lowest BCUT2D eigenvalue weighted by Gasteiger charge is -2.22. The average molecular weight is 427 g/mol. The van der Waals surface area contributed by atoms with Crippen LogP contribution in [0.4, 0.5) is 5.69 Å². The van der Waals surface area contributed by atoms with Gasteiger partial charge in [0.25, 0.3) is 0 Å². The van der Waals surface area contributed by atoms with E-state index < -0.39 is 0 Å². The summed E-state index contributed by atoms with van der Waals surface area (Å²) in [5.41, 5.74) is 7.59. The van der Waals surface area contributed by atoms with Gasteiger partial charge in [0.2, 0.25) is 0 Å². The molecule has 0 atom stereocenters. The number of hydrogen-bond acceptors (Lipinski definition) is 5. The first-order chi connectivity index (χ1) is 15.7. The van der Waals surface area contributed by atoms with E-state index in [0.29, 0.717) is 0 Å². The number of hydrogen-bond donors (Lipinski definition) is 1. The van der Waals surface area contributed by atoms with Crippen LogP contribution in [0.3, 0.4) is 0 Å². The fourth-order valence-electron chi connectivity index (χ4n) is 4.36. The predicted octanol–water partition coefficient (Wildman–Crippen LogP) is 5.11. The lowest BCUT2D eigenvalue weighted by atomic mass is 9.95. The molecule has 2 aromatic carbocycles. The largest absolute Gasteiger partial charge is 0.493 e. The molecular weight excluding hydrogens is 400 g/mol. The van der Waals surface area contributed by atoms with Crippen LogP contribution in [0.5, 0.6) is 11.5 Å². The van der Waals surface area contributed by atoms with E-state index in [1.165, 1.54) is 11.1 Å². The number of fused-ring (bicyclic) bond motifs is 3. The summed E-state index contributed by atoms with van der Waals surface area (Å²) in [6, 6.07) is 16.6. The van der Waals surface area contributed by atoms with Crippen LogP contribution in [0.2, 0.25) is 0 Å². The van der Waals surface area contributed by atoms with E-state index in [9.17, 15) is 0 Å². The van der Waals surface area contributed by atoms with Crippen LogP contribution in [0.15, 0.2) is 60.9 Å².